The molecule has 1 saturated heterocycles. The van der Waals surface area contributed by atoms with Crippen LogP contribution in [0.5, 0.6) is 0 Å². The molecule has 1 saturated carbocycles. The van der Waals surface area contributed by atoms with Gasteiger partial charge in [-0.1, -0.05) is 12.8 Å². The van der Waals surface area contributed by atoms with Crippen molar-refractivity contribution in [2.45, 2.75) is 38.1 Å². The van der Waals surface area contributed by atoms with Crippen molar-refractivity contribution in [2.75, 3.05) is 13.1 Å². The minimum atomic E-state index is 0. The first-order valence-electron chi connectivity index (χ1n) is 7.63. The minimum Gasteiger partial charge on any atom is -0.353 e. The number of halogens is 1. The Balaban J connectivity index is 0.00000161. The topological polar surface area (TPSA) is 59.0 Å². The van der Waals surface area contributed by atoms with Gasteiger partial charge in [0, 0.05) is 38.3 Å². The Labute approximate surface area is 132 Å². The van der Waals surface area contributed by atoms with Crippen molar-refractivity contribution in [1.29, 1.82) is 0 Å². The molecule has 118 valence electrons. The third-order valence-electron chi connectivity index (χ3n) is 4.48. The van der Waals surface area contributed by atoms with E-state index in [1.54, 1.807) is 4.68 Å². The van der Waals surface area contributed by atoms with E-state index in [1.807, 2.05) is 19.4 Å². The average Bonchev–Trinajstić information content (AvgIpc) is 2.92. The van der Waals surface area contributed by atoms with Crippen LogP contribution in [0.2, 0.25) is 0 Å². The molecular formula is C15H25ClN4O. The molecule has 0 radical (unpaired) electrons. The summed E-state index contributed by atoms with van der Waals surface area (Å²) in [5.41, 5.74) is 1.16. The van der Waals surface area contributed by atoms with Crippen LogP contribution >= 0.6 is 12.4 Å². The van der Waals surface area contributed by atoms with E-state index in [9.17, 15) is 4.79 Å². The first-order valence-corrected chi connectivity index (χ1v) is 7.63. The van der Waals surface area contributed by atoms with E-state index in [2.05, 4.69) is 22.7 Å². The molecule has 6 heteroatoms. The van der Waals surface area contributed by atoms with Crippen molar-refractivity contribution in [1.82, 2.24) is 20.4 Å². The summed E-state index contributed by atoms with van der Waals surface area (Å²) in [6, 6.07) is 0.296. The number of rotatable bonds is 5. The molecular weight excluding hydrogens is 288 g/mol. The second kappa shape index (κ2) is 6.79. The molecule has 3 rings (SSSR count). The number of nitrogens with zero attached hydrogens (tertiary/aromatic N) is 2. The van der Waals surface area contributed by atoms with Gasteiger partial charge in [0.25, 0.3) is 0 Å². The van der Waals surface area contributed by atoms with Gasteiger partial charge in [-0.25, -0.2) is 0 Å². The molecule has 1 unspecified atom stereocenters. The quantitative estimate of drug-likeness (QED) is 0.865. The van der Waals surface area contributed by atoms with E-state index in [1.165, 1.54) is 12.8 Å². The standard InChI is InChI=1S/C15H24N4O.ClH/c1-10(5-11-3-4-11)18-15(20)14-8-16-7-13(14)12-6-17-19(2)9-12;/h6,9-11,13-14,16H,3-5,7-8H2,1-2H3,(H,18,20);1H/t10?,13-,14+;/m1./s1. The third-order valence-corrected chi connectivity index (χ3v) is 4.48. The molecule has 0 aromatic carbocycles. The van der Waals surface area contributed by atoms with Gasteiger partial charge in [0.05, 0.1) is 12.1 Å². The summed E-state index contributed by atoms with van der Waals surface area (Å²) < 4.78 is 1.80. The normalized spacial score (nSPS) is 26.2. The molecule has 1 aliphatic carbocycles. The number of aromatic nitrogens is 2. The number of hydrogen-bond acceptors (Lipinski definition) is 3. The fraction of sp³-hybridized carbons (Fsp3) is 0.733. The fourth-order valence-corrected chi connectivity index (χ4v) is 3.20. The minimum absolute atomic E-state index is 0. The molecule has 5 nitrogen and oxygen atoms in total. The van der Waals surface area contributed by atoms with Gasteiger partial charge in [0.1, 0.15) is 0 Å². The van der Waals surface area contributed by atoms with E-state index >= 15 is 0 Å². The maximum atomic E-state index is 12.5. The SMILES string of the molecule is CC(CC1CC1)NC(=O)[C@H]1CNC[C@@H]1c1cnn(C)c1.Cl. The van der Waals surface area contributed by atoms with Crippen LogP contribution < -0.4 is 10.6 Å². The lowest BCUT2D eigenvalue weighted by Gasteiger charge is -2.20. The van der Waals surface area contributed by atoms with Crippen molar-refractivity contribution in [2.24, 2.45) is 18.9 Å². The molecule has 1 amide bonds. The van der Waals surface area contributed by atoms with Crippen molar-refractivity contribution in [3.8, 4) is 0 Å². The summed E-state index contributed by atoms with van der Waals surface area (Å²) in [6.45, 7) is 3.75. The summed E-state index contributed by atoms with van der Waals surface area (Å²) in [7, 11) is 1.92. The van der Waals surface area contributed by atoms with E-state index in [-0.39, 0.29) is 30.2 Å². The highest BCUT2D eigenvalue weighted by atomic mass is 35.5. The molecule has 0 bridgehead atoms. The first-order chi connectivity index (χ1) is 9.63. The highest BCUT2D eigenvalue weighted by molar-refractivity contribution is 5.85. The Morgan fingerprint density at radius 1 is 1.52 bits per heavy atom. The van der Waals surface area contributed by atoms with Crippen LogP contribution in [0.25, 0.3) is 0 Å². The number of aryl methyl sites for hydroxylation is 1. The smallest absolute Gasteiger partial charge is 0.225 e. The zero-order chi connectivity index (χ0) is 14.1. The van der Waals surface area contributed by atoms with E-state index in [0.29, 0.717) is 6.04 Å². The molecule has 2 heterocycles. The third kappa shape index (κ3) is 3.98. The number of carbonyl (C=O) groups excluding carboxylic acids is 1. The predicted octanol–water partition coefficient (Wildman–Crippen LogP) is 1.45. The van der Waals surface area contributed by atoms with Crippen LogP contribution in [0.1, 0.15) is 37.7 Å². The van der Waals surface area contributed by atoms with Gasteiger partial charge < -0.3 is 10.6 Å². The number of hydrogen-bond donors (Lipinski definition) is 2. The van der Waals surface area contributed by atoms with Gasteiger partial charge in [-0.2, -0.15) is 5.10 Å². The highest BCUT2D eigenvalue weighted by Crippen LogP contribution is 2.34. The molecule has 21 heavy (non-hydrogen) atoms. The van der Waals surface area contributed by atoms with Gasteiger partial charge >= 0.3 is 0 Å². The molecule has 1 aromatic heterocycles. The Morgan fingerprint density at radius 3 is 2.90 bits per heavy atom. The second-order valence-electron chi connectivity index (χ2n) is 6.41. The van der Waals surface area contributed by atoms with Crippen molar-refractivity contribution < 1.29 is 4.79 Å². The fourth-order valence-electron chi connectivity index (χ4n) is 3.20. The Morgan fingerprint density at radius 2 is 2.29 bits per heavy atom. The highest BCUT2D eigenvalue weighted by Gasteiger charge is 2.35. The van der Waals surface area contributed by atoms with E-state index < -0.39 is 0 Å². The average molecular weight is 313 g/mol. The molecule has 2 aliphatic rings. The summed E-state index contributed by atoms with van der Waals surface area (Å²) in [5.74, 6) is 1.32. The number of nitrogens with one attached hydrogen (secondary N) is 2. The Kier molecular flexibility index (Phi) is 5.27. The van der Waals surface area contributed by atoms with Crippen LogP contribution in [-0.4, -0.2) is 34.8 Å². The summed E-state index contributed by atoms with van der Waals surface area (Å²) in [6.07, 6.45) is 7.70. The van der Waals surface area contributed by atoms with Crippen molar-refractivity contribution in [3.05, 3.63) is 18.0 Å². The summed E-state index contributed by atoms with van der Waals surface area (Å²) >= 11 is 0. The number of carbonyl (C=O) groups is 1. The van der Waals surface area contributed by atoms with Gasteiger partial charge in [-0.05, 0) is 24.8 Å². The maximum Gasteiger partial charge on any atom is 0.225 e. The van der Waals surface area contributed by atoms with Gasteiger partial charge in [-0.15, -0.1) is 12.4 Å². The molecule has 3 atom stereocenters. The van der Waals surface area contributed by atoms with Crippen molar-refractivity contribution >= 4 is 18.3 Å². The lowest BCUT2D eigenvalue weighted by Crippen LogP contribution is -2.39. The summed E-state index contributed by atoms with van der Waals surface area (Å²) in [4.78, 5) is 12.5. The maximum absolute atomic E-state index is 12.5. The summed E-state index contributed by atoms with van der Waals surface area (Å²) in [5, 5.41) is 10.8. The van der Waals surface area contributed by atoms with Gasteiger partial charge in [-0.3, -0.25) is 9.48 Å². The molecule has 1 aromatic rings. The monoisotopic (exact) mass is 312 g/mol. The van der Waals surface area contributed by atoms with Crippen LogP contribution in [0.4, 0.5) is 0 Å². The number of amides is 1. The van der Waals surface area contributed by atoms with Crippen LogP contribution in [0.3, 0.4) is 0 Å². The van der Waals surface area contributed by atoms with Crippen molar-refractivity contribution in [3.63, 3.8) is 0 Å². The largest absolute Gasteiger partial charge is 0.353 e. The second-order valence-corrected chi connectivity index (χ2v) is 6.41. The Bertz CT molecular complexity index is 486. The Hall–Kier alpha value is -1.07. The van der Waals surface area contributed by atoms with E-state index in [4.69, 9.17) is 0 Å². The molecule has 1 aliphatic heterocycles. The first kappa shape index (κ1) is 16.3. The van der Waals surface area contributed by atoms with Gasteiger partial charge in [0.2, 0.25) is 5.91 Å². The predicted molar refractivity (Wildman–Crippen MR) is 84.5 cm³/mol. The molecule has 2 fully saturated rings. The van der Waals surface area contributed by atoms with E-state index in [0.717, 1.165) is 31.0 Å². The zero-order valence-corrected chi connectivity index (χ0v) is 13.5. The van der Waals surface area contributed by atoms with Gasteiger partial charge in [0.15, 0.2) is 0 Å². The van der Waals surface area contributed by atoms with Crippen LogP contribution in [0.15, 0.2) is 12.4 Å². The lowest BCUT2D eigenvalue weighted by molar-refractivity contribution is -0.125. The molecule has 2 N–H and O–H groups in total. The lowest BCUT2D eigenvalue weighted by atomic mass is 9.90. The van der Waals surface area contributed by atoms with Crippen LogP contribution in [0, 0.1) is 11.8 Å². The zero-order valence-electron chi connectivity index (χ0n) is 12.7. The van der Waals surface area contributed by atoms with Crippen LogP contribution in [-0.2, 0) is 11.8 Å². The molecule has 0 spiro atoms.